The highest BCUT2D eigenvalue weighted by molar-refractivity contribution is 8.00. The number of aromatic nitrogens is 5. The van der Waals surface area contributed by atoms with Gasteiger partial charge >= 0.3 is 0 Å². The van der Waals surface area contributed by atoms with Crippen LogP contribution in [-0.2, 0) is 4.79 Å². The Hall–Kier alpha value is -3.17. The van der Waals surface area contributed by atoms with Crippen molar-refractivity contribution >= 4 is 35.2 Å². The minimum atomic E-state index is -0.474. The largest absolute Gasteiger partial charge is 0.338 e. The highest BCUT2D eigenvalue weighted by atomic mass is 35.5. The molecule has 4 rings (SSSR count). The molecular formula is C21H19ClN6O2S. The second-order valence-corrected chi connectivity index (χ2v) is 8.56. The summed E-state index contributed by atoms with van der Waals surface area (Å²) in [6.07, 6.45) is 3.39. The van der Waals surface area contributed by atoms with Gasteiger partial charge in [0.1, 0.15) is 0 Å². The number of nitrogens with one attached hydrogen (secondary N) is 1. The fourth-order valence-corrected chi connectivity index (χ4v) is 3.98. The third-order valence-corrected chi connectivity index (χ3v) is 6.03. The molecule has 0 saturated carbocycles. The number of benzene rings is 1. The van der Waals surface area contributed by atoms with Crippen LogP contribution in [0.1, 0.15) is 18.2 Å². The number of thioether (sulfide) groups is 1. The van der Waals surface area contributed by atoms with Crippen LogP contribution in [0.2, 0.25) is 5.02 Å². The third kappa shape index (κ3) is 4.47. The Morgan fingerprint density at radius 3 is 2.68 bits per heavy atom. The Kier molecular flexibility index (Phi) is 6.06. The van der Waals surface area contributed by atoms with Gasteiger partial charge in [0.2, 0.25) is 11.8 Å². The van der Waals surface area contributed by atoms with Crippen LogP contribution in [0.5, 0.6) is 0 Å². The van der Waals surface area contributed by atoms with Crippen LogP contribution in [0.25, 0.3) is 17.1 Å². The number of hydrogen-bond donors (Lipinski definition) is 1. The van der Waals surface area contributed by atoms with Crippen LogP contribution in [0.3, 0.4) is 0 Å². The summed E-state index contributed by atoms with van der Waals surface area (Å²) in [6, 6.07) is 11.0. The van der Waals surface area contributed by atoms with Crippen molar-refractivity contribution in [3.8, 4) is 17.1 Å². The van der Waals surface area contributed by atoms with Crippen LogP contribution in [-0.4, -0.2) is 36.1 Å². The van der Waals surface area contributed by atoms with Gasteiger partial charge in [-0.1, -0.05) is 34.6 Å². The number of anilines is 1. The first-order chi connectivity index (χ1) is 14.9. The van der Waals surface area contributed by atoms with E-state index in [1.807, 2.05) is 41.8 Å². The number of hydrogen-bond acceptors (Lipinski definition) is 7. The lowest BCUT2D eigenvalue weighted by Gasteiger charge is -2.15. The molecule has 8 nitrogen and oxygen atoms in total. The summed E-state index contributed by atoms with van der Waals surface area (Å²) in [5, 5.41) is 16.0. The average Bonchev–Trinajstić information content (AvgIpc) is 3.36. The number of pyridine rings is 1. The second-order valence-electron chi connectivity index (χ2n) is 6.84. The summed E-state index contributed by atoms with van der Waals surface area (Å²) in [6.45, 7) is 5.51. The van der Waals surface area contributed by atoms with Crippen molar-refractivity contribution < 1.29 is 9.32 Å². The molecule has 1 aromatic carbocycles. The molecule has 0 aliphatic heterocycles. The molecule has 10 heteroatoms. The van der Waals surface area contributed by atoms with Crippen LogP contribution in [0, 0.1) is 13.8 Å². The molecule has 0 aliphatic carbocycles. The van der Waals surface area contributed by atoms with Gasteiger partial charge in [-0.25, -0.2) is 0 Å². The quantitative estimate of drug-likeness (QED) is 0.421. The maximum atomic E-state index is 12.7. The van der Waals surface area contributed by atoms with Crippen LogP contribution in [0.15, 0.2) is 58.5 Å². The first-order valence-electron chi connectivity index (χ1n) is 9.46. The number of halogens is 1. The molecule has 0 fully saturated rings. The third-order valence-electron chi connectivity index (χ3n) is 4.58. The summed E-state index contributed by atoms with van der Waals surface area (Å²) in [4.78, 5) is 16.7. The lowest BCUT2D eigenvalue weighted by atomic mass is 10.2. The van der Waals surface area contributed by atoms with Gasteiger partial charge in [-0.15, -0.1) is 10.2 Å². The van der Waals surface area contributed by atoms with E-state index in [0.29, 0.717) is 27.6 Å². The topological polar surface area (TPSA) is 98.7 Å². The van der Waals surface area contributed by atoms with Crippen molar-refractivity contribution in [3.05, 3.63) is 65.1 Å². The van der Waals surface area contributed by atoms with E-state index in [-0.39, 0.29) is 5.91 Å². The monoisotopic (exact) mass is 454 g/mol. The van der Waals surface area contributed by atoms with E-state index >= 15 is 0 Å². The molecule has 1 atom stereocenters. The predicted molar refractivity (Wildman–Crippen MR) is 120 cm³/mol. The van der Waals surface area contributed by atoms with Gasteiger partial charge in [-0.3, -0.25) is 19.7 Å². The molecule has 0 radical (unpaired) electrons. The highest BCUT2D eigenvalue weighted by Crippen LogP contribution is 2.33. The molecular weight excluding hydrogens is 436 g/mol. The van der Waals surface area contributed by atoms with Crippen molar-refractivity contribution in [2.75, 3.05) is 5.32 Å². The number of amides is 1. The average molecular weight is 455 g/mol. The normalized spacial score (nSPS) is 12.0. The van der Waals surface area contributed by atoms with Crippen LogP contribution >= 0.6 is 23.4 Å². The van der Waals surface area contributed by atoms with Crippen LogP contribution in [0.4, 0.5) is 5.88 Å². The van der Waals surface area contributed by atoms with E-state index in [2.05, 4.69) is 25.7 Å². The van der Waals surface area contributed by atoms with Crippen molar-refractivity contribution in [1.29, 1.82) is 0 Å². The molecule has 0 spiro atoms. The minimum absolute atomic E-state index is 0.232. The maximum Gasteiger partial charge on any atom is 0.240 e. The molecule has 1 unspecified atom stereocenters. The molecule has 4 aromatic rings. The molecule has 0 saturated heterocycles. The Morgan fingerprint density at radius 1 is 1.19 bits per heavy atom. The summed E-state index contributed by atoms with van der Waals surface area (Å²) in [5.74, 6) is 0.706. The molecule has 0 aliphatic rings. The zero-order valence-electron chi connectivity index (χ0n) is 17.0. The fraction of sp³-hybridized carbons (Fsp3) is 0.190. The first kappa shape index (κ1) is 21.1. The van der Waals surface area contributed by atoms with Gasteiger partial charge in [-0.05, 0) is 50.6 Å². The SMILES string of the molecule is Cc1cc(NC(=O)C(C)Sc2nnc(-c3ccncc3)n2-c2cccc(Cl)c2C)on1. The molecule has 1 amide bonds. The van der Waals surface area contributed by atoms with Crippen molar-refractivity contribution in [3.63, 3.8) is 0 Å². The summed E-state index contributed by atoms with van der Waals surface area (Å²) < 4.78 is 6.98. The highest BCUT2D eigenvalue weighted by Gasteiger charge is 2.23. The Balaban J connectivity index is 1.70. The summed E-state index contributed by atoms with van der Waals surface area (Å²) in [7, 11) is 0. The van der Waals surface area contributed by atoms with E-state index in [1.54, 1.807) is 32.3 Å². The summed E-state index contributed by atoms with van der Waals surface area (Å²) >= 11 is 7.66. The van der Waals surface area contributed by atoms with Gasteiger partial charge in [0.05, 0.1) is 16.6 Å². The van der Waals surface area contributed by atoms with E-state index in [9.17, 15) is 4.79 Å². The molecule has 31 heavy (non-hydrogen) atoms. The van der Waals surface area contributed by atoms with Crippen molar-refractivity contribution in [2.45, 2.75) is 31.2 Å². The van der Waals surface area contributed by atoms with Gasteiger partial charge in [0, 0.05) is 29.0 Å². The number of nitrogens with zero attached hydrogens (tertiary/aromatic N) is 5. The van der Waals surface area contributed by atoms with Gasteiger partial charge in [0.25, 0.3) is 0 Å². The standard InChI is InChI=1S/C21H19ClN6O2S/c1-12-11-18(30-27-12)24-20(29)14(3)31-21-26-25-19(15-7-9-23-10-8-15)28(21)17-6-4-5-16(22)13(17)2/h4-11,14H,1-3H3,(H,24,29). The number of aryl methyl sites for hydroxylation is 1. The predicted octanol–water partition coefficient (Wildman–Crippen LogP) is 4.71. The van der Waals surface area contributed by atoms with Gasteiger partial charge in [-0.2, -0.15) is 0 Å². The van der Waals surface area contributed by atoms with Crippen molar-refractivity contribution in [1.82, 2.24) is 24.9 Å². The smallest absolute Gasteiger partial charge is 0.240 e. The van der Waals surface area contributed by atoms with E-state index < -0.39 is 5.25 Å². The zero-order valence-corrected chi connectivity index (χ0v) is 18.6. The second kappa shape index (κ2) is 8.91. The van der Waals surface area contributed by atoms with Crippen molar-refractivity contribution in [2.24, 2.45) is 0 Å². The fourth-order valence-electron chi connectivity index (χ4n) is 2.95. The minimum Gasteiger partial charge on any atom is -0.338 e. The number of carbonyl (C=O) groups excluding carboxylic acids is 1. The number of carbonyl (C=O) groups is 1. The molecule has 3 aromatic heterocycles. The van der Waals surface area contributed by atoms with E-state index in [4.69, 9.17) is 16.1 Å². The Labute approximate surface area is 188 Å². The molecule has 1 N–H and O–H groups in total. The Bertz CT molecular complexity index is 1220. The zero-order chi connectivity index (χ0) is 22.0. The van der Waals surface area contributed by atoms with E-state index in [0.717, 1.165) is 16.8 Å². The number of rotatable bonds is 6. The molecule has 3 heterocycles. The molecule has 0 bridgehead atoms. The summed E-state index contributed by atoms with van der Waals surface area (Å²) in [5.41, 5.74) is 3.26. The van der Waals surface area contributed by atoms with Crippen LogP contribution < -0.4 is 5.32 Å². The maximum absolute atomic E-state index is 12.7. The van der Waals surface area contributed by atoms with Gasteiger partial charge in [0.15, 0.2) is 11.0 Å². The van der Waals surface area contributed by atoms with E-state index in [1.165, 1.54) is 11.8 Å². The lowest BCUT2D eigenvalue weighted by molar-refractivity contribution is -0.115. The Morgan fingerprint density at radius 2 is 1.97 bits per heavy atom. The molecule has 158 valence electrons. The van der Waals surface area contributed by atoms with Gasteiger partial charge < -0.3 is 4.52 Å². The lowest BCUT2D eigenvalue weighted by Crippen LogP contribution is -2.22. The first-order valence-corrected chi connectivity index (χ1v) is 10.7.